The van der Waals surface area contributed by atoms with Crippen LogP contribution in [0, 0.1) is 0 Å². The molecule has 0 fully saturated rings. The number of pyridine rings is 1. The molecule has 0 bridgehead atoms. The van der Waals surface area contributed by atoms with E-state index >= 15 is 0 Å². The number of amides is 1. The fraction of sp³-hybridized carbons (Fsp3) is 0.158. The maximum Gasteiger partial charge on any atom is 0.252 e. The summed E-state index contributed by atoms with van der Waals surface area (Å²) in [6, 6.07) is 15.8. The number of carbonyl (C=O) groups excluding carboxylic acids is 1. The Bertz CT molecular complexity index is 752. The largest absolute Gasteiger partial charge is 0.340 e. The van der Waals surface area contributed by atoms with Gasteiger partial charge in [0.2, 0.25) is 0 Å². The molecule has 3 rings (SSSR count). The molecule has 116 valence electrons. The standard InChI is InChI=1S/C19H18N2OS/c1-2-14-5-7-15(8-6-14)18(17-4-3-13-23-17)21-19(22)16-9-11-20-12-10-16/h3-13,18H,2H2,1H3,(H,21,22). The molecule has 0 aliphatic carbocycles. The number of hydrogen-bond acceptors (Lipinski definition) is 3. The van der Waals surface area contributed by atoms with Crippen molar-refractivity contribution in [2.75, 3.05) is 0 Å². The van der Waals surface area contributed by atoms with Crippen molar-refractivity contribution < 1.29 is 4.79 Å². The van der Waals surface area contributed by atoms with Crippen LogP contribution < -0.4 is 5.32 Å². The van der Waals surface area contributed by atoms with Crippen molar-refractivity contribution in [3.63, 3.8) is 0 Å². The average Bonchev–Trinajstić information content (AvgIpc) is 3.15. The molecule has 0 saturated carbocycles. The van der Waals surface area contributed by atoms with Crippen LogP contribution in [0.25, 0.3) is 0 Å². The number of rotatable bonds is 5. The quantitative estimate of drug-likeness (QED) is 0.764. The topological polar surface area (TPSA) is 42.0 Å². The molecule has 1 atom stereocenters. The molecule has 1 amide bonds. The molecule has 0 aliphatic rings. The van der Waals surface area contributed by atoms with E-state index in [0.717, 1.165) is 16.9 Å². The lowest BCUT2D eigenvalue weighted by molar-refractivity contribution is 0.0943. The second-order valence-corrected chi connectivity index (χ2v) is 6.23. The van der Waals surface area contributed by atoms with E-state index in [-0.39, 0.29) is 11.9 Å². The van der Waals surface area contributed by atoms with Gasteiger partial charge in [0.05, 0.1) is 6.04 Å². The minimum absolute atomic E-state index is 0.0923. The molecule has 0 radical (unpaired) electrons. The molecule has 4 heteroatoms. The van der Waals surface area contributed by atoms with Crippen molar-refractivity contribution in [2.24, 2.45) is 0 Å². The summed E-state index contributed by atoms with van der Waals surface area (Å²) < 4.78 is 0. The van der Waals surface area contributed by atoms with Crippen LogP contribution in [0.3, 0.4) is 0 Å². The van der Waals surface area contributed by atoms with Crippen LogP contribution in [-0.2, 0) is 6.42 Å². The summed E-state index contributed by atoms with van der Waals surface area (Å²) in [6.45, 7) is 2.14. The van der Waals surface area contributed by atoms with E-state index in [1.807, 2.05) is 11.4 Å². The summed E-state index contributed by atoms with van der Waals surface area (Å²) in [5.41, 5.74) is 3.00. The summed E-state index contributed by atoms with van der Waals surface area (Å²) in [4.78, 5) is 17.6. The van der Waals surface area contributed by atoms with Crippen molar-refractivity contribution >= 4 is 17.2 Å². The highest BCUT2D eigenvalue weighted by Crippen LogP contribution is 2.26. The third-order valence-corrected chi connectivity index (χ3v) is 4.70. The summed E-state index contributed by atoms with van der Waals surface area (Å²) in [6.07, 6.45) is 4.27. The van der Waals surface area contributed by atoms with Crippen LogP contribution >= 0.6 is 11.3 Å². The van der Waals surface area contributed by atoms with Crippen LogP contribution in [0.15, 0.2) is 66.3 Å². The smallest absolute Gasteiger partial charge is 0.252 e. The molecule has 3 nitrogen and oxygen atoms in total. The van der Waals surface area contributed by atoms with E-state index in [0.29, 0.717) is 5.56 Å². The van der Waals surface area contributed by atoms with E-state index in [1.54, 1.807) is 35.9 Å². The summed E-state index contributed by atoms with van der Waals surface area (Å²) in [5.74, 6) is -0.0923. The van der Waals surface area contributed by atoms with Crippen LogP contribution in [0.2, 0.25) is 0 Å². The SMILES string of the molecule is CCc1ccc(C(NC(=O)c2ccncc2)c2cccs2)cc1. The number of benzene rings is 1. The van der Waals surface area contributed by atoms with Crippen LogP contribution in [-0.4, -0.2) is 10.9 Å². The minimum atomic E-state index is -0.137. The van der Waals surface area contributed by atoms with Gasteiger partial charge in [0.1, 0.15) is 0 Å². The zero-order valence-electron chi connectivity index (χ0n) is 12.9. The molecule has 0 spiro atoms. The second kappa shape index (κ2) is 7.20. The van der Waals surface area contributed by atoms with Gasteiger partial charge < -0.3 is 5.32 Å². The van der Waals surface area contributed by atoms with Crippen molar-refractivity contribution in [3.05, 3.63) is 87.9 Å². The van der Waals surface area contributed by atoms with Crippen molar-refractivity contribution in [1.29, 1.82) is 0 Å². The highest BCUT2D eigenvalue weighted by atomic mass is 32.1. The predicted octanol–water partition coefficient (Wildman–Crippen LogP) is 4.22. The maximum absolute atomic E-state index is 12.5. The molecular formula is C19H18N2OS. The Morgan fingerprint density at radius 1 is 1.13 bits per heavy atom. The highest BCUT2D eigenvalue weighted by Gasteiger charge is 2.18. The first-order valence-corrected chi connectivity index (χ1v) is 8.49. The van der Waals surface area contributed by atoms with Gasteiger partial charge in [-0.25, -0.2) is 0 Å². The van der Waals surface area contributed by atoms with E-state index in [2.05, 4.69) is 47.6 Å². The number of nitrogens with zero attached hydrogens (tertiary/aromatic N) is 1. The monoisotopic (exact) mass is 322 g/mol. The number of thiophene rings is 1. The summed E-state index contributed by atoms with van der Waals surface area (Å²) >= 11 is 1.65. The van der Waals surface area contributed by atoms with Gasteiger partial charge in [0.25, 0.3) is 5.91 Å². The molecule has 2 aromatic heterocycles. The van der Waals surface area contributed by atoms with Crippen LogP contribution in [0.5, 0.6) is 0 Å². The third kappa shape index (κ3) is 3.66. The molecule has 1 aromatic carbocycles. The van der Waals surface area contributed by atoms with E-state index in [9.17, 15) is 4.79 Å². The lowest BCUT2D eigenvalue weighted by Gasteiger charge is -2.18. The van der Waals surface area contributed by atoms with Crippen molar-refractivity contribution in [3.8, 4) is 0 Å². The van der Waals surface area contributed by atoms with E-state index in [1.165, 1.54) is 5.56 Å². The highest BCUT2D eigenvalue weighted by molar-refractivity contribution is 7.10. The van der Waals surface area contributed by atoms with Gasteiger partial charge in [-0.1, -0.05) is 37.3 Å². The minimum Gasteiger partial charge on any atom is -0.340 e. The van der Waals surface area contributed by atoms with E-state index < -0.39 is 0 Å². The Morgan fingerprint density at radius 3 is 2.48 bits per heavy atom. The van der Waals surface area contributed by atoms with Gasteiger partial charge in [0.15, 0.2) is 0 Å². The molecule has 2 heterocycles. The molecule has 0 saturated heterocycles. The molecule has 23 heavy (non-hydrogen) atoms. The van der Waals surface area contributed by atoms with E-state index in [4.69, 9.17) is 0 Å². The Labute approximate surface area is 140 Å². The Balaban J connectivity index is 1.88. The number of hydrogen-bond donors (Lipinski definition) is 1. The van der Waals surface area contributed by atoms with Gasteiger partial charge in [-0.3, -0.25) is 9.78 Å². The normalized spacial score (nSPS) is 11.9. The zero-order chi connectivity index (χ0) is 16.1. The maximum atomic E-state index is 12.5. The number of carbonyl (C=O) groups is 1. The average molecular weight is 322 g/mol. The van der Waals surface area contributed by atoms with Gasteiger partial charge in [-0.05, 0) is 41.1 Å². The lowest BCUT2D eigenvalue weighted by Crippen LogP contribution is -2.28. The second-order valence-electron chi connectivity index (χ2n) is 5.25. The third-order valence-electron chi connectivity index (χ3n) is 3.77. The van der Waals surface area contributed by atoms with Gasteiger partial charge >= 0.3 is 0 Å². The predicted molar refractivity (Wildman–Crippen MR) is 93.7 cm³/mol. The Kier molecular flexibility index (Phi) is 4.83. The lowest BCUT2D eigenvalue weighted by atomic mass is 10.0. The van der Waals surface area contributed by atoms with Gasteiger partial charge in [0, 0.05) is 22.8 Å². The zero-order valence-corrected chi connectivity index (χ0v) is 13.7. The number of aromatic nitrogens is 1. The van der Waals surface area contributed by atoms with Crippen molar-refractivity contribution in [1.82, 2.24) is 10.3 Å². The number of aryl methyl sites for hydroxylation is 1. The van der Waals surface area contributed by atoms with Crippen molar-refractivity contribution in [2.45, 2.75) is 19.4 Å². The fourth-order valence-corrected chi connectivity index (χ4v) is 3.24. The van der Waals surface area contributed by atoms with Gasteiger partial charge in [-0.15, -0.1) is 11.3 Å². The molecule has 3 aromatic rings. The first-order valence-electron chi connectivity index (χ1n) is 7.61. The summed E-state index contributed by atoms with van der Waals surface area (Å²) in [7, 11) is 0. The van der Waals surface area contributed by atoms with Gasteiger partial charge in [-0.2, -0.15) is 0 Å². The molecular weight excluding hydrogens is 304 g/mol. The fourth-order valence-electron chi connectivity index (χ4n) is 2.44. The molecule has 1 unspecified atom stereocenters. The van der Waals surface area contributed by atoms with Crippen LogP contribution in [0.1, 0.15) is 39.3 Å². The van der Waals surface area contributed by atoms with Crippen LogP contribution in [0.4, 0.5) is 0 Å². The first kappa shape index (κ1) is 15.4. The Morgan fingerprint density at radius 2 is 1.87 bits per heavy atom. The molecule has 1 N–H and O–H groups in total. The number of nitrogens with one attached hydrogen (secondary N) is 1. The summed E-state index contributed by atoms with van der Waals surface area (Å²) in [5, 5.41) is 5.16. The Hall–Kier alpha value is -2.46. The molecule has 0 aliphatic heterocycles. The first-order chi connectivity index (χ1) is 11.3.